The van der Waals surface area contributed by atoms with E-state index in [1.807, 2.05) is 6.07 Å². The monoisotopic (exact) mass is 741 g/mol. The summed E-state index contributed by atoms with van der Waals surface area (Å²) in [5.74, 6) is 0. The molecule has 9 aromatic carbocycles. The van der Waals surface area contributed by atoms with Gasteiger partial charge >= 0.3 is 0 Å². The van der Waals surface area contributed by atoms with Gasteiger partial charge in [0, 0.05) is 38.8 Å². The van der Waals surface area contributed by atoms with Crippen molar-refractivity contribution >= 4 is 39.0 Å². The lowest BCUT2D eigenvalue weighted by Gasteiger charge is -2.29. The lowest BCUT2D eigenvalue weighted by Crippen LogP contribution is -2.22. The molecule has 0 amide bonds. The van der Waals surface area contributed by atoms with Crippen molar-refractivity contribution in [2.75, 3.05) is 4.90 Å². The van der Waals surface area contributed by atoms with E-state index in [4.69, 9.17) is 4.42 Å². The van der Waals surface area contributed by atoms with Crippen molar-refractivity contribution in [3.63, 3.8) is 0 Å². The number of nitrogens with zero attached hydrogens (tertiary/aromatic N) is 1. The van der Waals surface area contributed by atoms with Gasteiger partial charge in [-0.15, -0.1) is 0 Å². The van der Waals surface area contributed by atoms with Gasteiger partial charge in [-0.1, -0.05) is 170 Å². The van der Waals surface area contributed by atoms with Gasteiger partial charge in [-0.05, 0) is 111 Å². The van der Waals surface area contributed by atoms with Crippen LogP contribution in [0, 0.1) is 0 Å². The highest BCUT2D eigenvalue weighted by Gasteiger charge is 2.42. The van der Waals surface area contributed by atoms with Crippen molar-refractivity contribution in [3.05, 3.63) is 235 Å². The molecule has 0 saturated carbocycles. The summed E-state index contributed by atoms with van der Waals surface area (Å²) in [7, 11) is 0. The Morgan fingerprint density at radius 2 is 0.793 bits per heavy atom. The first-order chi connectivity index (χ1) is 28.6. The molecular formula is C56H39NO. The second-order valence-corrected chi connectivity index (χ2v) is 15.4. The van der Waals surface area contributed by atoms with E-state index in [1.54, 1.807) is 0 Å². The quantitative estimate of drug-likeness (QED) is 0.162. The van der Waals surface area contributed by atoms with Crippen LogP contribution in [0.2, 0.25) is 0 Å². The first-order valence-electron chi connectivity index (χ1n) is 20.0. The van der Waals surface area contributed by atoms with Crippen LogP contribution in [-0.4, -0.2) is 0 Å². The van der Waals surface area contributed by atoms with Crippen LogP contribution < -0.4 is 4.90 Å². The summed E-state index contributed by atoms with van der Waals surface area (Å²) < 4.78 is 6.67. The molecule has 2 nitrogen and oxygen atoms in total. The summed E-state index contributed by atoms with van der Waals surface area (Å²) in [6.07, 6.45) is 0. The van der Waals surface area contributed by atoms with Gasteiger partial charge < -0.3 is 9.32 Å². The Kier molecular flexibility index (Phi) is 7.97. The predicted molar refractivity (Wildman–Crippen MR) is 242 cm³/mol. The second-order valence-electron chi connectivity index (χ2n) is 15.4. The van der Waals surface area contributed by atoms with Gasteiger partial charge in [-0.2, -0.15) is 0 Å². The SMILES string of the molecule is CC1(c2cccc3c2oc2ccccc23)c2ccccc2-c2ccc(-c3ccc(N(c4ccc(-c5ccccc5)cc4)c4ccc(-c5ccccc5)cc4)cc3)cc21. The first kappa shape index (κ1) is 33.9. The molecular weight excluding hydrogens is 703 g/mol. The van der Waals surface area contributed by atoms with E-state index in [0.29, 0.717) is 0 Å². The van der Waals surface area contributed by atoms with Crippen molar-refractivity contribution in [2.45, 2.75) is 12.3 Å². The third-order valence-corrected chi connectivity index (χ3v) is 12.2. The van der Waals surface area contributed by atoms with Gasteiger partial charge in [-0.25, -0.2) is 0 Å². The molecule has 1 aliphatic rings. The van der Waals surface area contributed by atoms with Gasteiger partial charge in [0.1, 0.15) is 11.2 Å². The predicted octanol–water partition coefficient (Wildman–Crippen LogP) is 15.4. The van der Waals surface area contributed by atoms with Crippen LogP contribution in [0.25, 0.3) is 66.4 Å². The highest BCUT2D eigenvalue weighted by Crippen LogP contribution is 2.55. The Labute approximate surface area is 338 Å². The summed E-state index contributed by atoms with van der Waals surface area (Å²) in [6, 6.07) is 78.8. The Morgan fingerprint density at radius 1 is 0.345 bits per heavy atom. The van der Waals surface area contributed by atoms with E-state index in [-0.39, 0.29) is 0 Å². The molecule has 1 atom stereocenters. The topological polar surface area (TPSA) is 16.4 Å². The lowest BCUT2D eigenvalue weighted by molar-refractivity contribution is 0.638. The Morgan fingerprint density at radius 3 is 1.41 bits per heavy atom. The molecule has 0 radical (unpaired) electrons. The van der Waals surface area contributed by atoms with Crippen LogP contribution in [0.3, 0.4) is 0 Å². The molecule has 1 aliphatic carbocycles. The lowest BCUT2D eigenvalue weighted by atomic mass is 9.73. The summed E-state index contributed by atoms with van der Waals surface area (Å²) in [5, 5.41) is 2.30. The molecule has 274 valence electrons. The third-order valence-electron chi connectivity index (χ3n) is 12.2. The fraction of sp³-hybridized carbons (Fsp3) is 0.0357. The van der Waals surface area contributed by atoms with E-state index >= 15 is 0 Å². The van der Waals surface area contributed by atoms with Gasteiger partial charge in [0.05, 0.1) is 0 Å². The van der Waals surface area contributed by atoms with Crippen LogP contribution in [0.15, 0.2) is 223 Å². The average molecular weight is 742 g/mol. The molecule has 58 heavy (non-hydrogen) atoms. The number of hydrogen-bond acceptors (Lipinski definition) is 2. The van der Waals surface area contributed by atoms with Crippen LogP contribution in [0.4, 0.5) is 17.1 Å². The van der Waals surface area contributed by atoms with Gasteiger partial charge in [0.25, 0.3) is 0 Å². The van der Waals surface area contributed by atoms with Crippen molar-refractivity contribution in [1.82, 2.24) is 0 Å². The van der Waals surface area contributed by atoms with E-state index in [0.717, 1.165) is 39.0 Å². The third kappa shape index (κ3) is 5.49. The minimum Gasteiger partial charge on any atom is -0.456 e. The maximum absolute atomic E-state index is 6.67. The number of benzene rings is 9. The summed E-state index contributed by atoms with van der Waals surface area (Å²) in [4.78, 5) is 2.34. The molecule has 1 heterocycles. The highest BCUT2D eigenvalue weighted by molar-refractivity contribution is 6.07. The summed E-state index contributed by atoms with van der Waals surface area (Å²) in [6.45, 7) is 2.37. The smallest absolute Gasteiger partial charge is 0.139 e. The molecule has 0 saturated heterocycles. The first-order valence-corrected chi connectivity index (χ1v) is 20.0. The van der Waals surface area contributed by atoms with Crippen LogP contribution >= 0.6 is 0 Å². The van der Waals surface area contributed by atoms with Crippen molar-refractivity contribution in [1.29, 1.82) is 0 Å². The van der Waals surface area contributed by atoms with E-state index in [1.165, 1.54) is 61.2 Å². The van der Waals surface area contributed by atoms with Gasteiger partial charge in [0.15, 0.2) is 0 Å². The zero-order chi connectivity index (χ0) is 38.6. The van der Waals surface area contributed by atoms with E-state index in [9.17, 15) is 0 Å². The highest BCUT2D eigenvalue weighted by atomic mass is 16.3. The van der Waals surface area contributed by atoms with Crippen LogP contribution in [-0.2, 0) is 5.41 Å². The number of fused-ring (bicyclic) bond motifs is 6. The molecule has 1 unspecified atom stereocenters. The standard InChI is InChI=1S/C56H39NO/c1-56(52-21-12-19-50-49-18-9-11-22-54(49)58-55(50)52)51-20-10-8-17-47(51)48-36-29-43(37-53(48)56)42-27-34-46(35-28-42)57(44-30-23-40(24-31-44)38-13-4-2-5-14-38)45-32-25-41(26-33-45)39-15-6-3-7-16-39/h2-37H,1H3. The largest absolute Gasteiger partial charge is 0.456 e. The van der Waals surface area contributed by atoms with Crippen molar-refractivity contribution in [3.8, 4) is 44.5 Å². The minimum atomic E-state index is -0.413. The molecule has 10 aromatic rings. The molecule has 0 N–H and O–H groups in total. The minimum absolute atomic E-state index is 0.413. The molecule has 0 fully saturated rings. The maximum Gasteiger partial charge on any atom is 0.139 e. The molecule has 2 heteroatoms. The maximum atomic E-state index is 6.67. The Bertz CT molecular complexity index is 3010. The fourth-order valence-corrected chi connectivity index (χ4v) is 9.22. The van der Waals surface area contributed by atoms with Crippen LogP contribution in [0.5, 0.6) is 0 Å². The Hall–Kier alpha value is -7.42. The second kappa shape index (κ2) is 13.7. The number of hydrogen-bond donors (Lipinski definition) is 0. The molecule has 1 aromatic heterocycles. The Balaban J connectivity index is 0.995. The summed E-state index contributed by atoms with van der Waals surface area (Å²) >= 11 is 0. The zero-order valence-electron chi connectivity index (χ0n) is 32.1. The van der Waals surface area contributed by atoms with E-state index < -0.39 is 5.41 Å². The van der Waals surface area contributed by atoms with E-state index in [2.05, 4.69) is 224 Å². The number of para-hydroxylation sites is 2. The molecule has 0 bridgehead atoms. The number of rotatable bonds is 7. The normalized spacial score (nSPS) is 14.4. The summed E-state index contributed by atoms with van der Waals surface area (Å²) in [5.41, 5.74) is 18.3. The molecule has 0 aliphatic heterocycles. The molecule has 0 spiro atoms. The number of furan rings is 1. The van der Waals surface area contributed by atoms with Crippen LogP contribution in [0.1, 0.15) is 23.6 Å². The molecule has 11 rings (SSSR count). The fourth-order valence-electron chi connectivity index (χ4n) is 9.22. The van der Waals surface area contributed by atoms with Gasteiger partial charge in [-0.3, -0.25) is 0 Å². The zero-order valence-corrected chi connectivity index (χ0v) is 32.1. The van der Waals surface area contributed by atoms with Crippen molar-refractivity contribution in [2.24, 2.45) is 0 Å². The average Bonchev–Trinajstić information content (AvgIpc) is 3.81. The van der Waals surface area contributed by atoms with Crippen molar-refractivity contribution < 1.29 is 4.42 Å². The van der Waals surface area contributed by atoms with Gasteiger partial charge in [0.2, 0.25) is 0 Å². The number of anilines is 3.